The zero-order valence-electron chi connectivity index (χ0n) is 18.1. The number of nitrogens with zero attached hydrogens (tertiary/aromatic N) is 3. The quantitative estimate of drug-likeness (QED) is 0.622. The number of aryl methyl sites for hydroxylation is 1. The van der Waals surface area contributed by atoms with E-state index in [4.69, 9.17) is 0 Å². The van der Waals surface area contributed by atoms with E-state index in [9.17, 15) is 22.4 Å². The van der Waals surface area contributed by atoms with Crippen LogP contribution >= 0.6 is 0 Å². The van der Waals surface area contributed by atoms with Crippen LogP contribution in [0.5, 0.6) is 0 Å². The summed E-state index contributed by atoms with van der Waals surface area (Å²) in [6, 6.07) is 12.2. The average Bonchev–Trinajstić information content (AvgIpc) is 3.19. The van der Waals surface area contributed by atoms with Gasteiger partial charge in [-0.1, -0.05) is 36.4 Å². The van der Waals surface area contributed by atoms with Crippen LogP contribution in [0.25, 0.3) is 0 Å². The summed E-state index contributed by atoms with van der Waals surface area (Å²) in [5.41, 5.74) is 1.70. The van der Waals surface area contributed by atoms with Gasteiger partial charge in [0.25, 0.3) is 0 Å². The highest BCUT2D eigenvalue weighted by Crippen LogP contribution is 2.35. The Morgan fingerprint density at radius 2 is 1.81 bits per heavy atom. The monoisotopic (exact) mass is 459 g/mol. The van der Waals surface area contributed by atoms with E-state index >= 15 is 0 Å². The standard InChI is InChI=1S/C23H26FN3O4S/c1-3-25(12-17-7-5-4-6-8-17)22(28)13-26-20-14-32(30,31)15-21(20)27(23(26)29)18-10-9-16(2)19(24)11-18/h4-11,20-21H,3,12-15H2,1-2H3/t20-,21+/m1/s1. The number of carbonyl (C=O) groups is 2. The van der Waals surface area contributed by atoms with Crippen LogP contribution in [-0.4, -0.2) is 66.8 Å². The van der Waals surface area contributed by atoms with Gasteiger partial charge in [0, 0.05) is 18.8 Å². The molecule has 2 aliphatic rings. The molecule has 0 bridgehead atoms. The minimum absolute atomic E-state index is 0.202. The van der Waals surface area contributed by atoms with E-state index in [1.165, 1.54) is 15.9 Å². The third-order valence-electron chi connectivity index (χ3n) is 6.17. The Kier molecular flexibility index (Phi) is 5.94. The number of amides is 3. The van der Waals surface area contributed by atoms with Crippen molar-refractivity contribution in [2.75, 3.05) is 29.5 Å². The molecule has 0 aliphatic carbocycles. The number of halogens is 1. The maximum Gasteiger partial charge on any atom is 0.325 e. The van der Waals surface area contributed by atoms with Crippen LogP contribution in [0.2, 0.25) is 0 Å². The van der Waals surface area contributed by atoms with Gasteiger partial charge in [0.2, 0.25) is 5.91 Å². The first-order valence-corrected chi connectivity index (χ1v) is 12.4. The molecule has 2 heterocycles. The Labute approximate surface area is 187 Å². The first kappa shape index (κ1) is 22.3. The maximum absolute atomic E-state index is 14.2. The lowest BCUT2D eigenvalue weighted by Gasteiger charge is -2.26. The summed E-state index contributed by atoms with van der Waals surface area (Å²) in [5.74, 6) is -1.14. The molecule has 3 amide bonds. The molecule has 0 N–H and O–H groups in total. The Bertz CT molecular complexity index is 1140. The molecule has 2 atom stereocenters. The normalized spacial score (nSPS) is 21.7. The molecule has 0 saturated carbocycles. The van der Waals surface area contributed by atoms with E-state index in [0.29, 0.717) is 24.3 Å². The molecular weight excluding hydrogens is 433 g/mol. The predicted octanol–water partition coefficient (Wildman–Crippen LogP) is 2.59. The zero-order chi connectivity index (χ0) is 23.0. The van der Waals surface area contributed by atoms with Gasteiger partial charge in [-0.15, -0.1) is 0 Å². The number of rotatable bonds is 6. The fraction of sp³-hybridized carbons (Fsp3) is 0.391. The van der Waals surface area contributed by atoms with Gasteiger partial charge in [-0.3, -0.25) is 9.69 Å². The Balaban J connectivity index is 1.59. The number of carbonyl (C=O) groups excluding carboxylic acids is 2. The molecule has 9 heteroatoms. The van der Waals surface area contributed by atoms with E-state index < -0.39 is 33.8 Å². The highest BCUT2D eigenvalue weighted by Gasteiger charge is 2.54. The number of urea groups is 1. The summed E-state index contributed by atoms with van der Waals surface area (Å²) in [5, 5.41) is 0. The fourth-order valence-corrected chi connectivity index (χ4v) is 6.37. The lowest BCUT2D eigenvalue weighted by molar-refractivity contribution is -0.132. The third kappa shape index (κ3) is 4.21. The lowest BCUT2D eigenvalue weighted by Crippen LogP contribution is -2.45. The molecule has 0 aromatic heterocycles. The summed E-state index contributed by atoms with van der Waals surface area (Å²) in [6.45, 7) is 4.11. The van der Waals surface area contributed by atoms with Gasteiger partial charge in [0.1, 0.15) is 12.4 Å². The van der Waals surface area contributed by atoms with Gasteiger partial charge in [-0.25, -0.2) is 17.6 Å². The zero-order valence-corrected chi connectivity index (χ0v) is 18.9. The molecule has 4 rings (SSSR count). The van der Waals surface area contributed by atoms with Crippen molar-refractivity contribution in [3.63, 3.8) is 0 Å². The van der Waals surface area contributed by atoms with Crippen molar-refractivity contribution in [1.29, 1.82) is 0 Å². The second-order valence-electron chi connectivity index (χ2n) is 8.32. The molecule has 2 aromatic carbocycles. The number of fused-ring (bicyclic) bond motifs is 1. The van der Waals surface area contributed by atoms with Crippen molar-refractivity contribution in [3.05, 3.63) is 65.5 Å². The Morgan fingerprint density at radius 1 is 1.12 bits per heavy atom. The molecular formula is C23H26FN3O4S. The fourth-order valence-electron chi connectivity index (χ4n) is 4.42. The summed E-state index contributed by atoms with van der Waals surface area (Å²) < 4.78 is 38.9. The number of likely N-dealkylation sites (N-methyl/N-ethyl adjacent to an activating group) is 1. The van der Waals surface area contributed by atoms with E-state index in [-0.39, 0.29) is 24.0 Å². The van der Waals surface area contributed by atoms with Crippen LogP contribution in [0.1, 0.15) is 18.1 Å². The number of benzene rings is 2. The SMILES string of the molecule is CCN(Cc1ccccc1)C(=O)CN1C(=O)N(c2ccc(C)c(F)c2)[C@H]2CS(=O)(=O)C[C@H]21. The number of hydrogen-bond acceptors (Lipinski definition) is 4. The van der Waals surface area contributed by atoms with Crippen molar-refractivity contribution >= 4 is 27.5 Å². The Morgan fingerprint density at radius 3 is 2.47 bits per heavy atom. The molecule has 2 aromatic rings. The van der Waals surface area contributed by atoms with E-state index in [1.807, 2.05) is 37.3 Å². The molecule has 32 heavy (non-hydrogen) atoms. The summed E-state index contributed by atoms with van der Waals surface area (Å²) in [6.07, 6.45) is 0. The van der Waals surface area contributed by atoms with Crippen molar-refractivity contribution in [1.82, 2.24) is 9.80 Å². The number of anilines is 1. The Hall–Kier alpha value is -2.94. The second-order valence-corrected chi connectivity index (χ2v) is 10.5. The summed E-state index contributed by atoms with van der Waals surface area (Å²) in [7, 11) is -3.39. The van der Waals surface area contributed by atoms with Crippen molar-refractivity contribution < 1.29 is 22.4 Å². The van der Waals surface area contributed by atoms with E-state index in [2.05, 4.69) is 0 Å². The average molecular weight is 460 g/mol. The van der Waals surface area contributed by atoms with Crippen molar-refractivity contribution in [3.8, 4) is 0 Å². The minimum Gasteiger partial charge on any atom is -0.337 e. The van der Waals surface area contributed by atoms with Crippen LogP contribution in [0, 0.1) is 12.7 Å². The molecule has 7 nitrogen and oxygen atoms in total. The molecule has 0 unspecified atom stereocenters. The highest BCUT2D eigenvalue weighted by atomic mass is 32.2. The van der Waals surface area contributed by atoms with Crippen LogP contribution in [-0.2, 0) is 21.2 Å². The second kappa shape index (κ2) is 8.54. The van der Waals surface area contributed by atoms with Gasteiger partial charge in [0.05, 0.1) is 23.6 Å². The lowest BCUT2D eigenvalue weighted by atomic mass is 10.1. The summed E-state index contributed by atoms with van der Waals surface area (Å²) >= 11 is 0. The summed E-state index contributed by atoms with van der Waals surface area (Å²) in [4.78, 5) is 30.7. The van der Waals surface area contributed by atoms with Crippen molar-refractivity contribution in [2.24, 2.45) is 0 Å². The molecule has 2 fully saturated rings. The number of sulfone groups is 1. The van der Waals surface area contributed by atoms with Crippen LogP contribution < -0.4 is 4.90 Å². The molecule has 170 valence electrons. The topological polar surface area (TPSA) is 78.0 Å². The maximum atomic E-state index is 14.2. The first-order chi connectivity index (χ1) is 15.2. The van der Waals surface area contributed by atoms with E-state index in [0.717, 1.165) is 5.56 Å². The van der Waals surface area contributed by atoms with Gasteiger partial charge in [-0.05, 0) is 37.1 Å². The van der Waals surface area contributed by atoms with Crippen LogP contribution in [0.15, 0.2) is 48.5 Å². The minimum atomic E-state index is -3.39. The van der Waals surface area contributed by atoms with Gasteiger partial charge in [0.15, 0.2) is 9.84 Å². The van der Waals surface area contributed by atoms with Crippen LogP contribution in [0.4, 0.5) is 14.9 Å². The number of hydrogen-bond donors (Lipinski definition) is 0. The van der Waals surface area contributed by atoms with Gasteiger partial charge >= 0.3 is 6.03 Å². The van der Waals surface area contributed by atoms with Gasteiger partial charge in [-0.2, -0.15) is 0 Å². The third-order valence-corrected chi connectivity index (χ3v) is 7.87. The molecule has 0 radical (unpaired) electrons. The van der Waals surface area contributed by atoms with Crippen molar-refractivity contribution in [2.45, 2.75) is 32.5 Å². The van der Waals surface area contributed by atoms with E-state index in [1.54, 1.807) is 24.0 Å². The highest BCUT2D eigenvalue weighted by molar-refractivity contribution is 7.91. The molecule has 2 aliphatic heterocycles. The molecule has 0 spiro atoms. The van der Waals surface area contributed by atoms with Crippen LogP contribution in [0.3, 0.4) is 0 Å². The molecule has 2 saturated heterocycles. The smallest absolute Gasteiger partial charge is 0.325 e. The predicted molar refractivity (Wildman–Crippen MR) is 119 cm³/mol. The first-order valence-electron chi connectivity index (χ1n) is 10.6. The largest absolute Gasteiger partial charge is 0.337 e. The van der Waals surface area contributed by atoms with Gasteiger partial charge < -0.3 is 9.80 Å².